The number of imide groups is 1. The van der Waals surface area contributed by atoms with Crippen molar-refractivity contribution in [1.82, 2.24) is 15.0 Å². The van der Waals surface area contributed by atoms with Gasteiger partial charge in [-0.25, -0.2) is 4.90 Å². The van der Waals surface area contributed by atoms with E-state index < -0.39 is 0 Å². The van der Waals surface area contributed by atoms with Gasteiger partial charge in [-0.2, -0.15) is 4.68 Å². The van der Waals surface area contributed by atoms with Gasteiger partial charge in [0.1, 0.15) is 5.69 Å². The van der Waals surface area contributed by atoms with Gasteiger partial charge in [0.15, 0.2) is 5.82 Å². The Bertz CT molecular complexity index is 802. The summed E-state index contributed by atoms with van der Waals surface area (Å²) in [5.41, 5.74) is 1.97. The molecule has 0 atom stereocenters. The Morgan fingerprint density at radius 1 is 0.875 bits per heavy atom. The quantitative estimate of drug-likeness (QED) is 0.744. The Morgan fingerprint density at radius 3 is 1.96 bits per heavy atom. The highest BCUT2D eigenvalue weighted by atomic mass is 16.2. The molecule has 6 heteroatoms. The molecule has 0 aliphatic carbocycles. The molecule has 0 bridgehead atoms. The summed E-state index contributed by atoms with van der Waals surface area (Å²) in [6, 6.07) is 18.6. The van der Waals surface area contributed by atoms with Gasteiger partial charge in [-0.05, 0) is 12.1 Å². The Balaban J connectivity index is 2.27. The summed E-state index contributed by atoms with van der Waals surface area (Å²) in [7, 11) is 0. The van der Waals surface area contributed by atoms with Gasteiger partial charge in [-0.15, -0.1) is 5.10 Å². The van der Waals surface area contributed by atoms with Gasteiger partial charge in [-0.3, -0.25) is 9.59 Å². The van der Waals surface area contributed by atoms with Crippen LogP contribution in [0.2, 0.25) is 0 Å². The van der Waals surface area contributed by atoms with Gasteiger partial charge >= 0.3 is 0 Å². The van der Waals surface area contributed by atoms with E-state index in [1.807, 2.05) is 60.7 Å². The van der Waals surface area contributed by atoms with Crippen molar-refractivity contribution in [2.75, 3.05) is 4.90 Å². The number of amides is 2. The molecule has 0 spiro atoms. The number of carbonyl (C=O) groups is 2. The topological polar surface area (TPSA) is 68.1 Å². The number of carbonyl (C=O) groups excluding carboxylic acids is 2. The van der Waals surface area contributed by atoms with E-state index in [9.17, 15) is 9.59 Å². The highest BCUT2D eigenvalue weighted by molar-refractivity contribution is 6.14. The monoisotopic (exact) mass is 320 g/mol. The number of hydrogen-bond acceptors (Lipinski definition) is 4. The molecule has 6 nitrogen and oxygen atoms in total. The Morgan fingerprint density at radius 2 is 1.42 bits per heavy atom. The highest BCUT2D eigenvalue weighted by Crippen LogP contribution is 2.31. The largest absolute Gasteiger partial charge is 0.274 e. The fourth-order valence-electron chi connectivity index (χ4n) is 2.52. The van der Waals surface area contributed by atoms with Crippen molar-refractivity contribution in [3.8, 4) is 16.9 Å². The van der Waals surface area contributed by atoms with Crippen LogP contribution in [0.1, 0.15) is 13.8 Å². The number of aromatic nitrogens is 3. The summed E-state index contributed by atoms with van der Waals surface area (Å²) in [6.07, 6.45) is 0. The molecule has 0 radical (unpaired) electrons. The van der Waals surface area contributed by atoms with E-state index in [0.717, 1.165) is 16.2 Å². The van der Waals surface area contributed by atoms with Crippen LogP contribution in [0, 0.1) is 0 Å². The van der Waals surface area contributed by atoms with E-state index in [1.54, 1.807) is 0 Å². The summed E-state index contributed by atoms with van der Waals surface area (Å²) in [5.74, 6) is -0.439. The van der Waals surface area contributed by atoms with Crippen molar-refractivity contribution in [2.24, 2.45) is 0 Å². The van der Waals surface area contributed by atoms with Gasteiger partial charge in [0, 0.05) is 19.4 Å². The summed E-state index contributed by atoms with van der Waals surface area (Å²) in [6.45, 7) is 2.69. The van der Waals surface area contributed by atoms with Crippen LogP contribution < -0.4 is 4.90 Å². The fraction of sp³-hybridized carbons (Fsp3) is 0.111. The SMILES string of the molecule is CC(=O)N(C(C)=O)c1c(-c2ccccc2)nnn1-c1ccccc1. The van der Waals surface area contributed by atoms with Crippen LogP contribution in [0.3, 0.4) is 0 Å². The van der Waals surface area contributed by atoms with Crippen LogP contribution in [-0.4, -0.2) is 26.8 Å². The van der Waals surface area contributed by atoms with Crippen LogP contribution >= 0.6 is 0 Å². The van der Waals surface area contributed by atoms with Crippen LogP contribution in [0.4, 0.5) is 5.82 Å². The van der Waals surface area contributed by atoms with Crippen molar-refractivity contribution in [3.63, 3.8) is 0 Å². The maximum Gasteiger partial charge on any atom is 0.231 e. The van der Waals surface area contributed by atoms with E-state index in [4.69, 9.17) is 0 Å². The lowest BCUT2D eigenvalue weighted by atomic mass is 10.1. The molecule has 0 unspecified atom stereocenters. The average Bonchev–Trinajstić information content (AvgIpc) is 3.00. The number of hydrogen-bond donors (Lipinski definition) is 0. The van der Waals surface area contributed by atoms with Crippen LogP contribution in [-0.2, 0) is 9.59 Å². The number of nitrogens with zero attached hydrogens (tertiary/aromatic N) is 4. The van der Waals surface area contributed by atoms with Crippen molar-refractivity contribution < 1.29 is 9.59 Å². The van der Waals surface area contributed by atoms with E-state index in [1.165, 1.54) is 18.5 Å². The number of para-hydroxylation sites is 1. The molecular formula is C18H16N4O2. The minimum Gasteiger partial charge on any atom is -0.274 e. The molecule has 1 aromatic heterocycles. The molecule has 0 saturated carbocycles. The molecule has 3 aromatic rings. The summed E-state index contributed by atoms with van der Waals surface area (Å²) < 4.78 is 1.51. The Hall–Kier alpha value is -3.28. The molecule has 2 aromatic carbocycles. The molecule has 2 amide bonds. The third-order valence-electron chi connectivity index (χ3n) is 3.54. The average molecular weight is 320 g/mol. The first-order valence-corrected chi connectivity index (χ1v) is 7.47. The van der Waals surface area contributed by atoms with Crippen molar-refractivity contribution in [3.05, 3.63) is 60.7 Å². The fourth-order valence-corrected chi connectivity index (χ4v) is 2.52. The summed E-state index contributed by atoms with van der Waals surface area (Å²) in [4.78, 5) is 25.3. The minimum atomic E-state index is -0.390. The molecule has 0 fully saturated rings. The second-order valence-electron chi connectivity index (χ2n) is 5.25. The van der Waals surface area contributed by atoms with Crippen LogP contribution in [0.15, 0.2) is 60.7 Å². The van der Waals surface area contributed by atoms with E-state index in [-0.39, 0.29) is 11.8 Å². The lowest BCUT2D eigenvalue weighted by Gasteiger charge is -2.19. The Kier molecular flexibility index (Phi) is 4.20. The van der Waals surface area contributed by atoms with Gasteiger partial charge < -0.3 is 0 Å². The van der Waals surface area contributed by atoms with E-state index in [0.29, 0.717) is 11.5 Å². The third kappa shape index (κ3) is 2.81. The summed E-state index contributed by atoms with van der Waals surface area (Å²) in [5, 5.41) is 8.38. The molecule has 1 heterocycles. The lowest BCUT2D eigenvalue weighted by molar-refractivity contribution is -0.124. The molecule has 3 rings (SSSR count). The second-order valence-corrected chi connectivity index (χ2v) is 5.25. The third-order valence-corrected chi connectivity index (χ3v) is 3.54. The molecular weight excluding hydrogens is 304 g/mol. The van der Waals surface area contributed by atoms with E-state index in [2.05, 4.69) is 10.3 Å². The Labute approximate surface area is 139 Å². The predicted octanol–water partition coefficient (Wildman–Crippen LogP) is 2.83. The van der Waals surface area contributed by atoms with Gasteiger partial charge in [-0.1, -0.05) is 53.7 Å². The van der Waals surface area contributed by atoms with Gasteiger partial charge in [0.25, 0.3) is 0 Å². The zero-order valence-corrected chi connectivity index (χ0v) is 13.4. The molecule has 0 N–H and O–H groups in total. The maximum atomic E-state index is 12.1. The van der Waals surface area contributed by atoms with Gasteiger partial charge in [0.05, 0.1) is 5.69 Å². The molecule has 24 heavy (non-hydrogen) atoms. The first-order chi connectivity index (χ1) is 11.6. The van der Waals surface area contributed by atoms with Crippen LogP contribution in [0.25, 0.3) is 16.9 Å². The molecule has 0 aliphatic rings. The van der Waals surface area contributed by atoms with Crippen LogP contribution in [0.5, 0.6) is 0 Å². The number of benzene rings is 2. The normalized spacial score (nSPS) is 10.4. The zero-order chi connectivity index (χ0) is 17.1. The molecule has 0 saturated heterocycles. The van der Waals surface area contributed by atoms with E-state index >= 15 is 0 Å². The molecule has 120 valence electrons. The predicted molar refractivity (Wildman–Crippen MR) is 90.6 cm³/mol. The first-order valence-electron chi connectivity index (χ1n) is 7.47. The molecule has 0 aliphatic heterocycles. The smallest absolute Gasteiger partial charge is 0.231 e. The first kappa shape index (κ1) is 15.6. The number of anilines is 1. The minimum absolute atomic E-state index is 0.340. The summed E-state index contributed by atoms with van der Waals surface area (Å²) >= 11 is 0. The van der Waals surface area contributed by atoms with Crippen molar-refractivity contribution >= 4 is 17.6 Å². The van der Waals surface area contributed by atoms with Crippen molar-refractivity contribution in [2.45, 2.75) is 13.8 Å². The maximum absolute atomic E-state index is 12.1. The highest BCUT2D eigenvalue weighted by Gasteiger charge is 2.27. The zero-order valence-electron chi connectivity index (χ0n) is 13.4. The number of rotatable bonds is 3. The lowest BCUT2D eigenvalue weighted by Crippen LogP contribution is -2.35. The van der Waals surface area contributed by atoms with Crippen molar-refractivity contribution in [1.29, 1.82) is 0 Å². The second kappa shape index (κ2) is 6.45. The standard InChI is InChI=1S/C18H16N4O2/c1-13(23)21(14(2)24)18-17(15-9-5-3-6-10-15)19-20-22(18)16-11-7-4-8-12-16/h3-12H,1-2H3. The van der Waals surface area contributed by atoms with Gasteiger partial charge in [0.2, 0.25) is 11.8 Å².